The first-order valence-electron chi connectivity index (χ1n) is 9.10. The summed E-state index contributed by atoms with van der Waals surface area (Å²) in [4.78, 5) is 16.8. The molecule has 2 aliphatic heterocycles. The fourth-order valence-electron chi connectivity index (χ4n) is 3.89. The number of amides is 1. The lowest BCUT2D eigenvalue weighted by Crippen LogP contribution is -2.58. The van der Waals surface area contributed by atoms with Gasteiger partial charge in [0.25, 0.3) is 0 Å². The summed E-state index contributed by atoms with van der Waals surface area (Å²) in [5, 5.41) is 3.93. The molecule has 1 N–H and O–H groups in total. The molecule has 26 heavy (non-hydrogen) atoms. The molecule has 1 amide bonds. The van der Waals surface area contributed by atoms with E-state index in [1.807, 2.05) is 24.0 Å². The number of nitrogens with one attached hydrogen (secondary N) is 1. The number of anilines is 1. The van der Waals surface area contributed by atoms with Crippen LogP contribution in [0.4, 0.5) is 10.1 Å². The molecule has 0 bridgehead atoms. The largest absolute Gasteiger partial charge is 0.486 e. The van der Waals surface area contributed by atoms with Crippen molar-refractivity contribution in [1.29, 1.82) is 0 Å². The monoisotopic (exact) mass is 379 g/mol. The number of hydrogen-bond donors (Lipinski definition) is 1. The van der Waals surface area contributed by atoms with E-state index in [-0.39, 0.29) is 29.9 Å². The molecule has 4 rings (SSSR count). The first kappa shape index (κ1) is 17.6. The summed E-state index contributed by atoms with van der Waals surface area (Å²) in [6.45, 7) is 4.67. The Labute approximate surface area is 157 Å². The minimum Gasteiger partial charge on any atom is -0.486 e. The van der Waals surface area contributed by atoms with Crippen LogP contribution in [0.3, 0.4) is 0 Å². The van der Waals surface area contributed by atoms with Gasteiger partial charge >= 0.3 is 0 Å². The smallest absolute Gasteiger partial charge is 0.226 e. The summed E-state index contributed by atoms with van der Waals surface area (Å²) >= 11 is 5.99. The molecule has 140 valence electrons. The second-order valence-corrected chi connectivity index (χ2v) is 7.67. The number of hydrogen-bond acceptors (Lipinski definition) is 4. The van der Waals surface area contributed by atoms with Gasteiger partial charge in [-0.2, -0.15) is 0 Å². The minimum atomic E-state index is -0.201. The molecular formula is C19H23ClFN3O2. The maximum absolute atomic E-state index is 13.5. The van der Waals surface area contributed by atoms with Crippen molar-refractivity contribution in [2.75, 3.05) is 31.5 Å². The van der Waals surface area contributed by atoms with E-state index in [1.54, 1.807) is 12.1 Å². The average molecular weight is 380 g/mol. The number of carbonyl (C=O) groups is 1. The molecule has 2 heterocycles. The molecule has 1 aromatic carbocycles. The van der Waals surface area contributed by atoms with Gasteiger partial charge in [0.1, 0.15) is 17.7 Å². The molecule has 7 heteroatoms. The highest BCUT2D eigenvalue weighted by atomic mass is 35.5. The second-order valence-electron chi connectivity index (χ2n) is 7.24. The Morgan fingerprint density at radius 1 is 1.42 bits per heavy atom. The van der Waals surface area contributed by atoms with Gasteiger partial charge in [-0.3, -0.25) is 9.69 Å². The standard InChI is InChI=1S/C19H23ClFN3O2/c1-12-11-23(17-4-3-15(17)21)6-7-24(12)19(25)9-14-10-22-16-8-13(20)2-5-18(16)26-14/h2-3,5,8,12,14,17,22H,4,6-7,9-11H2,1H3/t12-,14?,17?/m1/s1. The van der Waals surface area contributed by atoms with Gasteiger partial charge in [-0.1, -0.05) is 11.6 Å². The molecular weight excluding hydrogens is 357 g/mol. The van der Waals surface area contributed by atoms with Crippen molar-refractivity contribution in [3.8, 4) is 5.75 Å². The third-order valence-corrected chi connectivity index (χ3v) is 5.67. The van der Waals surface area contributed by atoms with Crippen molar-refractivity contribution in [3.05, 3.63) is 35.1 Å². The van der Waals surface area contributed by atoms with Gasteiger partial charge in [0, 0.05) is 30.7 Å². The molecule has 1 aliphatic carbocycles. The zero-order chi connectivity index (χ0) is 18.3. The summed E-state index contributed by atoms with van der Waals surface area (Å²) in [5.74, 6) is 0.784. The fourth-order valence-corrected chi connectivity index (χ4v) is 4.06. The van der Waals surface area contributed by atoms with E-state index in [9.17, 15) is 9.18 Å². The number of ether oxygens (including phenoxy) is 1. The van der Waals surface area contributed by atoms with Crippen molar-refractivity contribution >= 4 is 23.2 Å². The molecule has 0 saturated carbocycles. The number of nitrogens with zero attached hydrogens (tertiary/aromatic N) is 2. The number of rotatable bonds is 3. The molecule has 1 fully saturated rings. The number of benzene rings is 1. The molecule has 1 saturated heterocycles. The normalized spacial score (nSPS) is 28.3. The third-order valence-electron chi connectivity index (χ3n) is 5.43. The van der Waals surface area contributed by atoms with Crippen LogP contribution in [0.15, 0.2) is 30.1 Å². The van der Waals surface area contributed by atoms with Crippen LogP contribution in [0.5, 0.6) is 5.75 Å². The van der Waals surface area contributed by atoms with Crippen LogP contribution in [-0.4, -0.2) is 60.1 Å². The lowest BCUT2D eigenvalue weighted by molar-refractivity contribution is -0.137. The van der Waals surface area contributed by atoms with E-state index >= 15 is 0 Å². The van der Waals surface area contributed by atoms with Crippen molar-refractivity contribution in [1.82, 2.24) is 9.80 Å². The van der Waals surface area contributed by atoms with E-state index in [0.717, 1.165) is 17.9 Å². The predicted octanol–water partition coefficient (Wildman–Crippen LogP) is 3.06. The number of halogens is 2. The summed E-state index contributed by atoms with van der Waals surface area (Å²) in [6, 6.07) is 5.42. The Bertz CT molecular complexity index is 741. The summed E-state index contributed by atoms with van der Waals surface area (Å²) in [6.07, 6.45) is 2.54. The second kappa shape index (κ2) is 7.08. The summed E-state index contributed by atoms with van der Waals surface area (Å²) in [7, 11) is 0. The maximum atomic E-state index is 13.5. The van der Waals surface area contributed by atoms with E-state index < -0.39 is 0 Å². The van der Waals surface area contributed by atoms with Gasteiger partial charge in [0.2, 0.25) is 5.91 Å². The zero-order valence-corrected chi connectivity index (χ0v) is 15.5. The third kappa shape index (κ3) is 3.40. The van der Waals surface area contributed by atoms with Crippen molar-refractivity contribution in [2.45, 2.75) is 38.0 Å². The molecule has 3 aliphatic rings. The average Bonchev–Trinajstić information content (AvgIpc) is 2.60. The molecule has 5 nitrogen and oxygen atoms in total. The molecule has 0 aromatic heterocycles. The Hall–Kier alpha value is -1.79. The quantitative estimate of drug-likeness (QED) is 0.876. The van der Waals surface area contributed by atoms with Crippen LogP contribution >= 0.6 is 11.6 Å². The van der Waals surface area contributed by atoms with Crippen molar-refractivity contribution in [2.24, 2.45) is 0 Å². The highest BCUT2D eigenvalue weighted by molar-refractivity contribution is 6.30. The van der Waals surface area contributed by atoms with Gasteiger partial charge in [-0.15, -0.1) is 0 Å². The topological polar surface area (TPSA) is 44.8 Å². The van der Waals surface area contributed by atoms with Gasteiger partial charge in [-0.25, -0.2) is 4.39 Å². The molecule has 2 unspecified atom stereocenters. The molecule has 0 radical (unpaired) electrons. The Morgan fingerprint density at radius 2 is 2.27 bits per heavy atom. The first-order valence-corrected chi connectivity index (χ1v) is 9.48. The number of piperazine rings is 1. The highest BCUT2D eigenvalue weighted by Crippen LogP contribution is 2.33. The van der Waals surface area contributed by atoms with Crippen LogP contribution in [0.2, 0.25) is 5.02 Å². The van der Waals surface area contributed by atoms with E-state index in [4.69, 9.17) is 16.3 Å². The van der Waals surface area contributed by atoms with Crippen LogP contribution < -0.4 is 10.1 Å². The lowest BCUT2D eigenvalue weighted by atomic mass is 9.98. The van der Waals surface area contributed by atoms with Gasteiger partial charge in [0.15, 0.2) is 0 Å². The van der Waals surface area contributed by atoms with Gasteiger partial charge in [0.05, 0.1) is 24.7 Å². The number of fused-ring (bicyclic) bond motifs is 1. The van der Waals surface area contributed by atoms with E-state index in [2.05, 4.69) is 10.2 Å². The Kier molecular flexibility index (Phi) is 4.80. The zero-order valence-electron chi connectivity index (χ0n) is 14.8. The molecule has 0 spiro atoms. The Balaban J connectivity index is 1.32. The maximum Gasteiger partial charge on any atom is 0.226 e. The Morgan fingerprint density at radius 3 is 2.96 bits per heavy atom. The predicted molar refractivity (Wildman–Crippen MR) is 99.3 cm³/mol. The molecule has 3 atom stereocenters. The van der Waals surface area contributed by atoms with Gasteiger partial charge < -0.3 is 15.0 Å². The van der Waals surface area contributed by atoms with E-state index in [1.165, 1.54) is 0 Å². The summed E-state index contributed by atoms with van der Waals surface area (Å²) < 4.78 is 19.5. The SMILES string of the molecule is C[C@@H]1CN(C2CC=C2F)CCN1C(=O)CC1CNc2cc(Cl)ccc2O1. The van der Waals surface area contributed by atoms with Gasteiger partial charge in [-0.05, 0) is 37.6 Å². The summed E-state index contributed by atoms with van der Waals surface area (Å²) in [5.41, 5.74) is 0.860. The van der Waals surface area contributed by atoms with E-state index in [0.29, 0.717) is 37.6 Å². The molecule has 1 aromatic rings. The lowest BCUT2D eigenvalue weighted by Gasteiger charge is -2.44. The fraction of sp³-hybridized carbons (Fsp3) is 0.526. The van der Waals surface area contributed by atoms with Crippen LogP contribution in [0, 0.1) is 0 Å². The van der Waals surface area contributed by atoms with Crippen molar-refractivity contribution in [3.63, 3.8) is 0 Å². The highest BCUT2D eigenvalue weighted by Gasteiger charge is 2.35. The van der Waals surface area contributed by atoms with Crippen LogP contribution in [0.25, 0.3) is 0 Å². The first-order chi connectivity index (χ1) is 12.5. The van der Waals surface area contributed by atoms with Crippen LogP contribution in [-0.2, 0) is 4.79 Å². The van der Waals surface area contributed by atoms with Crippen LogP contribution in [0.1, 0.15) is 19.8 Å². The minimum absolute atomic E-state index is 0.0302. The number of carbonyl (C=O) groups excluding carboxylic acids is 1. The van der Waals surface area contributed by atoms with Crippen molar-refractivity contribution < 1.29 is 13.9 Å².